The summed E-state index contributed by atoms with van der Waals surface area (Å²) in [5.41, 5.74) is 8.66. The number of aryl methyl sites for hydroxylation is 2. The average Bonchev–Trinajstić information content (AvgIpc) is 2.29. The van der Waals surface area contributed by atoms with E-state index in [0.29, 0.717) is 11.3 Å². The molecule has 5 nitrogen and oxygen atoms in total. The van der Waals surface area contributed by atoms with E-state index in [-0.39, 0.29) is 12.5 Å². The van der Waals surface area contributed by atoms with Crippen LogP contribution in [0.15, 0.2) is 12.1 Å². The number of anilines is 1. The van der Waals surface area contributed by atoms with Gasteiger partial charge in [-0.3, -0.25) is 4.79 Å². The Morgan fingerprint density at radius 2 is 2.00 bits per heavy atom. The van der Waals surface area contributed by atoms with E-state index in [0.717, 1.165) is 11.1 Å². The van der Waals surface area contributed by atoms with E-state index in [2.05, 4.69) is 5.32 Å². The molecule has 5 N–H and O–H groups in total. The van der Waals surface area contributed by atoms with Crippen LogP contribution in [0.5, 0.6) is 0 Å². The lowest BCUT2D eigenvalue weighted by atomic mass is 9.97. The van der Waals surface area contributed by atoms with Crippen LogP contribution in [0.3, 0.4) is 0 Å². The molecule has 0 heterocycles. The van der Waals surface area contributed by atoms with Gasteiger partial charge in [0.05, 0.1) is 0 Å². The summed E-state index contributed by atoms with van der Waals surface area (Å²) in [6, 6.07) is 3.65. The fourth-order valence-electron chi connectivity index (χ4n) is 1.82. The van der Waals surface area contributed by atoms with Crippen LogP contribution in [0.25, 0.3) is 0 Å². The van der Waals surface area contributed by atoms with Crippen molar-refractivity contribution in [3.63, 3.8) is 0 Å². The zero-order chi connectivity index (χ0) is 13.9. The zero-order valence-corrected chi connectivity index (χ0v) is 10.9. The van der Waals surface area contributed by atoms with Crippen LogP contribution in [0.1, 0.15) is 29.7 Å². The number of aliphatic hydroxyl groups excluding tert-OH is 2. The topological polar surface area (TPSA) is 95.6 Å². The van der Waals surface area contributed by atoms with Crippen molar-refractivity contribution >= 4 is 11.6 Å². The van der Waals surface area contributed by atoms with Crippen molar-refractivity contribution in [1.29, 1.82) is 0 Å². The van der Waals surface area contributed by atoms with E-state index in [1.165, 1.54) is 6.92 Å². The number of benzene rings is 1. The first-order chi connectivity index (χ1) is 8.32. The maximum atomic E-state index is 10.8. The van der Waals surface area contributed by atoms with Gasteiger partial charge in [-0.2, -0.15) is 0 Å². The first-order valence-corrected chi connectivity index (χ1v) is 5.80. The number of aliphatic hydroxyl groups is 2. The summed E-state index contributed by atoms with van der Waals surface area (Å²) in [6.07, 6.45) is -2.20. The molecule has 2 unspecified atom stereocenters. The van der Waals surface area contributed by atoms with Crippen molar-refractivity contribution in [2.45, 2.75) is 33.0 Å². The molecule has 5 heteroatoms. The van der Waals surface area contributed by atoms with Gasteiger partial charge in [-0.1, -0.05) is 17.7 Å². The van der Waals surface area contributed by atoms with Gasteiger partial charge in [0.25, 0.3) is 0 Å². The largest absolute Gasteiger partial charge is 0.398 e. The van der Waals surface area contributed by atoms with E-state index < -0.39 is 12.2 Å². The van der Waals surface area contributed by atoms with Gasteiger partial charge in [0.1, 0.15) is 12.2 Å². The monoisotopic (exact) mass is 252 g/mol. The highest BCUT2D eigenvalue weighted by Crippen LogP contribution is 2.27. The molecule has 0 aliphatic heterocycles. The first kappa shape index (κ1) is 14.5. The zero-order valence-electron chi connectivity index (χ0n) is 10.9. The van der Waals surface area contributed by atoms with Crippen molar-refractivity contribution in [3.8, 4) is 0 Å². The fraction of sp³-hybridized carbons (Fsp3) is 0.462. The number of hydrogen-bond acceptors (Lipinski definition) is 4. The minimum atomic E-state index is -1.12. The number of nitrogens with one attached hydrogen (secondary N) is 1. The fourth-order valence-corrected chi connectivity index (χ4v) is 1.82. The van der Waals surface area contributed by atoms with Gasteiger partial charge in [0.15, 0.2) is 0 Å². The van der Waals surface area contributed by atoms with Crippen LogP contribution < -0.4 is 11.1 Å². The average molecular weight is 252 g/mol. The van der Waals surface area contributed by atoms with E-state index in [1.54, 1.807) is 6.07 Å². The van der Waals surface area contributed by atoms with Gasteiger partial charge in [-0.15, -0.1) is 0 Å². The summed E-state index contributed by atoms with van der Waals surface area (Å²) in [5.74, 6) is -0.255. The first-order valence-electron chi connectivity index (χ1n) is 5.80. The maximum absolute atomic E-state index is 10.8. The van der Waals surface area contributed by atoms with Crippen LogP contribution in [-0.2, 0) is 4.79 Å². The summed E-state index contributed by atoms with van der Waals surface area (Å²) in [6.45, 7) is 5.08. The number of amides is 1. The molecule has 0 aromatic heterocycles. The third-order valence-electron chi connectivity index (χ3n) is 2.81. The lowest BCUT2D eigenvalue weighted by Gasteiger charge is -2.21. The summed E-state index contributed by atoms with van der Waals surface area (Å²) in [7, 11) is 0. The van der Waals surface area contributed by atoms with Gasteiger partial charge in [-0.05, 0) is 19.4 Å². The second-order valence-corrected chi connectivity index (χ2v) is 4.53. The molecule has 1 aromatic carbocycles. The Balaban J connectivity index is 2.89. The highest BCUT2D eigenvalue weighted by Gasteiger charge is 2.21. The quantitative estimate of drug-likeness (QED) is 0.584. The third kappa shape index (κ3) is 3.45. The number of nitrogens with two attached hydrogens (primary N) is 1. The molecule has 1 amide bonds. The predicted octanol–water partition coefficient (Wildman–Crippen LogP) is 0.416. The maximum Gasteiger partial charge on any atom is 0.216 e. The molecule has 100 valence electrons. The molecular formula is C13H20N2O3. The van der Waals surface area contributed by atoms with Gasteiger partial charge in [0.2, 0.25) is 5.91 Å². The third-order valence-corrected chi connectivity index (χ3v) is 2.81. The van der Waals surface area contributed by atoms with Crippen LogP contribution in [0.4, 0.5) is 5.69 Å². The number of carbonyl (C=O) groups excluding carboxylic acids is 1. The van der Waals surface area contributed by atoms with Crippen molar-refractivity contribution in [2.75, 3.05) is 12.3 Å². The number of nitrogen functional groups attached to an aromatic ring is 1. The smallest absolute Gasteiger partial charge is 0.216 e. The SMILES string of the molecule is CC(=O)NCC(O)C(O)c1cc(C)cc(C)c1N. The Morgan fingerprint density at radius 1 is 1.39 bits per heavy atom. The Kier molecular flexibility index (Phi) is 4.69. The standard InChI is InChI=1S/C13H20N2O3/c1-7-4-8(2)12(14)10(5-7)13(18)11(17)6-15-9(3)16/h4-5,11,13,17-18H,6,14H2,1-3H3,(H,15,16). The van der Waals surface area contributed by atoms with Crippen molar-refractivity contribution in [3.05, 3.63) is 28.8 Å². The second-order valence-electron chi connectivity index (χ2n) is 4.53. The Hall–Kier alpha value is -1.59. The molecule has 1 aromatic rings. The number of carbonyl (C=O) groups is 1. The number of rotatable bonds is 4. The van der Waals surface area contributed by atoms with E-state index in [1.807, 2.05) is 19.9 Å². The molecule has 0 aliphatic carbocycles. The van der Waals surface area contributed by atoms with Crippen LogP contribution in [0.2, 0.25) is 0 Å². The Morgan fingerprint density at radius 3 is 2.56 bits per heavy atom. The molecule has 18 heavy (non-hydrogen) atoms. The Bertz CT molecular complexity index is 446. The normalized spacial score (nSPS) is 14.1. The van der Waals surface area contributed by atoms with Crippen molar-refractivity contribution in [1.82, 2.24) is 5.32 Å². The predicted molar refractivity (Wildman–Crippen MR) is 70.0 cm³/mol. The number of hydrogen-bond donors (Lipinski definition) is 4. The highest BCUT2D eigenvalue weighted by atomic mass is 16.3. The summed E-state index contributed by atoms with van der Waals surface area (Å²) < 4.78 is 0. The minimum Gasteiger partial charge on any atom is -0.398 e. The lowest BCUT2D eigenvalue weighted by Crippen LogP contribution is -2.34. The molecule has 0 saturated heterocycles. The summed E-state index contributed by atoms with van der Waals surface area (Å²) in [5, 5.41) is 22.3. The molecule has 0 aliphatic rings. The van der Waals surface area contributed by atoms with Crippen LogP contribution in [-0.4, -0.2) is 28.8 Å². The van der Waals surface area contributed by atoms with Crippen LogP contribution in [0, 0.1) is 13.8 Å². The molecule has 0 saturated carbocycles. The molecule has 0 bridgehead atoms. The van der Waals surface area contributed by atoms with E-state index in [4.69, 9.17) is 5.73 Å². The van der Waals surface area contributed by atoms with Crippen molar-refractivity contribution < 1.29 is 15.0 Å². The lowest BCUT2D eigenvalue weighted by molar-refractivity contribution is -0.119. The van der Waals surface area contributed by atoms with Gasteiger partial charge >= 0.3 is 0 Å². The second kappa shape index (κ2) is 5.84. The molecular weight excluding hydrogens is 232 g/mol. The molecule has 2 atom stereocenters. The Labute approximate surface area is 107 Å². The van der Waals surface area contributed by atoms with Gasteiger partial charge < -0.3 is 21.3 Å². The highest BCUT2D eigenvalue weighted by molar-refractivity contribution is 5.72. The molecule has 1 rings (SSSR count). The molecule has 0 radical (unpaired) electrons. The van der Waals surface area contributed by atoms with E-state index in [9.17, 15) is 15.0 Å². The molecule has 0 spiro atoms. The van der Waals surface area contributed by atoms with Gasteiger partial charge in [-0.25, -0.2) is 0 Å². The minimum absolute atomic E-state index is 0.0110. The van der Waals surface area contributed by atoms with E-state index >= 15 is 0 Å². The summed E-state index contributed by atoms with van der Waals surface area (Å²) >= 11 is 0. The van der Waals surface area contributed by atoms with Crippen LogP contribution >= 0.6 is 0 Å². The molecule has 0 fully saturated rings. The summed E-state index contributed by atoms with van der Waals surface area (Å²) in [4.78, 5) is 10.8. The van der Waals surface area contributed by atoms with Crippen molar-refractivity contribution in [2.24, 2.45) is 0 Å². The van der Waals surface area contributed by atoms with Gasteiger partial charge in [0, 0.05) is 24.7 Å².